The van der Waals surface area contributed by atoms with Crippen molar-refractivity contribution < 1.29 is 22.8 Å². The summed E-state index contributed by atoms with van der Waals surface area (Å²) in [5.41, 5.74) is -0.272. The van der Waals surface area contributed by atoms with Gasteiger partial charge in [0.15, 0.2) is 0 Å². The van der Waals surface area contributed by atoms with Gasteiger partial charge < -0.3 is 4.74 Å². The normalized spacial score (nSPS) is 11.4. The molecule has 1 aromatic heterocycles. The zero-order valence-electron chi connectivity index (χ0n) is 8.42. The van der Waals surface area contributed by atoms with Crippen LogP contribution in [-0.2, 0) is 5.33 Å². The van der Waals surface area contributed by atoms with Gasteiger partial charge in [0, 0.05) is 17.1 Å². The van der Waals surface area contributed by atoms with E-state index in [1.54, 1.807) is 0 Å². The van der Waals surface area contributed by atoms with Crippen molar-refractivity contribution in [1.82, 2.24) is 4.98 Å². The van der Waals surface area contributed by atoms with Gasteiger partial charge in [0.05, 0.1) is 4.92 Å². The van der Waals surface area contributed by atoms with E-state index in [1.165, 1.54) is 6.92 Å². The number of pyridine rings is 1. The second-order valence-corrected chi connectivity index (χ2v) is 3.56. The van der Waals surface area contributed by atoms with Crippen LogP contribution in [0.4, 0.5) is 18.9 Å². The number of halogens is 4. The molecule has 0 saturated carbocycles. The molecule has 1 aromatic rings. The standard InChI is InChI=1S/C8H6BrF3N2O3/c1-4-5(2-9)3-13-7(6(4)14(15)16)17-8(10,11)12/h3H,2H2,1H3. The van der Waals surface area contributed by atoms with E-state index in [1.807, 2.05) is 0 Å². The van der Waals surface area contributed by atoms with E-state index in [9.17, 15) is 23.3 Å². The zero-order valence-corrected chi connectivity index (χ0v) is 10.0. The highest BCUT2D eigenvalue weighted by Crippen LogP contribution is 2.34. The lowest BCUT2D eigenvalue weighted by molar-refractivity contribution is -0.389. The summed E-state index contributed by atoms with van der Waals surface area (Å²) in [6, 6.07) is 0. The van der Waals surface area contributed by atoms with Crippen molar-refractivity contribution in [3.8, 4) is 5.88 Å². The number of nitrogens with zero attached hydrogens (tertiary/aromatic N) is 2. The molecule has 0 bridgehead atoms. The maximum atomic E-state index is 12.0. The Morgan fingerprint density at radius 3 is 2.59 bits per heavy atom. The van der Waals surface area contributed by atoms with Crippen LogP contribution in [0.2, 0.25) is 0 Å². The number of hydrogen-bond acceptors (Lipinski definition) is 4. The maximum absolute atomic E-state index is 12.0. The van der Waals surface area contributed by atoms with Crippen molar-refractivity contribution in [2.75, 3.05) is 0 Å². The molecule has 0 amide bonds. The first-order valence-corrected chi connectivity index (χ1v) is 5.33. The molecule has 1 rings (SSSR count). The number of aromatic nitrogens is 1. The first-order valence-electron chi connectivity index (χ1n) is 4.21. The molecule has 0 fully saturated rings. The first kappa shape index (κ1) is 13.7. The Labute approximate surface area is 102 Å². The lowest BCUT2D eigenvalue weighted by Crippen LogP contribution is -2.19. The summed E-state index contributed by atoms with van der Waals surface area (Å²) in [4.78, 5) is 13.1. The minimum absolute atomic E-state index is 0.0844. The van der Waals surface area contributed by atoms with Gasteiger partial charge in [-0.2, -0.15) is 0 Å². The Morgan fingerprint density at radius 2 is 2.18 bits per heavy atom. The number of rotatable bonds is 3. The molecule has 0 unspecified atom stereocenters. The predicted octanol–water partition coefficient (Wildman–Crippen LogP) is 3.09. The molecule has 1 heterocycles. The van der Waals surface area contributed by atoms with E-state index in [2.05, 4.69) is 25.7 Å². The second-order valence-electron chi connectivity index (χ2n) is 3.00. The Hall–Kier alpha value is -1.38. The van der Waals surface area contributed by atoms with Crippen molar-refractivity contribution in [3.05, 3.63) is 27.4 Å². The summed E-state index contributed by atoms with van der Waals surface area (Å²) in [7, 11) is 0. The van der Waals surface area contributed by atoms with Crippen molar-refractivity contribution in [2.45, 2.75) is 18.6 Å². The minimum Gasteiger partial charge on any atom is -0.381 e. The molecule has 17 heavy (non-hydrogen) atoms. The van der Waals surface area contributed by atoms with Crippen molar-refractivity contribution >= 4 is 21.6 Å². The monoisotopic (exact) mass is 314 g/mol. The minimum atomic E-state index is -5.01. The van der Waals surface area contributed by atoms with Crippen molar-refractivity contribution in [2.24, 2.45) is 0 Å². The van der Waals surface area contributed by atoms with Crippen molar-refractivity contribution in [3.63, 3.8) is 0 Å². The third-order valence-corrected chi connectivity index (χ3v) is 2.52. The molecule has 0 radical (unpaired) electrons. The van der Waals surface area contributed by atoms with Gasteiger partial charge in [-0.25, -0.2) is 4.98 Å². The van der Waals surface area contributed by atoms with Gasteiger partial charge >= 0.3 is 17.9 Å². The molecule has 0 aromatic carbocycles. The molecule has 0 aliphatic carbocycles. The van der Waals surface area contributed by atoms with E-state index < -0.39 is 22.9 Å². The molecular weight excluding hydrogens is 309 g/mol. The second kappa shape index (κ2) is 4.86. The van der Waals surface area contributed by atoms with Crippen LogP contribution in [0, 0.1) is 17.0 Å². The number of hydrogen-bond donors (Lipinski definition) is 0. The Kier molecular flexibility index (Phi) is 3.91. The van der Waals surface area contributed by atoms with E-state index in [4.69, 9.17) is 0 Å². The smallest absolute Gasteiger partial charge is 0.381 e. The topological polar surface area (TPSA) is 65.3 Å². The van der Waals surface area contributed by atoms with Crippen LogP contribution in [0.15, 0.2) is 6.20 Å². The molecule has 0 atom stereocenters. The highest BCUT2D eigenvalue weighted by Gasteiger charge is 2.36. The predicted molar refractivity (Wildman–Crippen MR) is 54.9 cm³/mol. The van der Waals surface area contributed by atoms with E-state index in [-0.39, 0.29) is 10.9 Å². The van der Waals surface area contributed by atoms with E-state index in [0.717, 1.165) is 6.20 Å². The average Bonchev–Trinajstić information content (AvgIpc) is 2.14. The molecule has 0 spiro atoms. The van der Waals surface area contributed by atoms with E-state index >= 15 is 0 Å². The summed E-state index contributed by atoms with van der Waals surface area (Å²) < 4.78 is 39.5. The van der Waals surface area contributed by atoms with Crippen LogP contribution < -0.4 is 4.74 Å². The lowest BCUT2D eigenvalue weighted by Gasteiger charge is -2.10. The molecule has 0 aliphatic rings. The van der Waals surface area contributed by atoms with Crippen LogP contribution in [0.1, 0.15) is 11.1 Å². The summed E-state index contributed by atoms with van der Waals surface area (Å²) in [5, 5.41) is 10.9. The fourth-order valence-electron chi connectivity index (χ4n) is 1.14. The number of alkyl halides is 4. The molecule has 0 saturated heterocycles. The summed E-state index contributed by atoms with van der Waals surface area (Å²) in [5.74, 6) is -1.05. The lowest BCUT2D eigenvalue weighted by atomic mass is 10.1. The summed E-state index contributed by atoms with van der Waals surface area (Å²) in [6.45, 7) is 1.33. The Morgan fingerprint density at radius 1 is 1.59 bits per heavy atom. The fourth-order valence-corrected chi connectivity index (χ4v) is 1.71. The van der Waals surface area contributed by atoms with Gasteiger partial charge in [-0.05, 0) is 12.5 Å². The van der Waals surface area contributed by atoms with Gasteiger partial charge in [0.25, 0.3) is 0 Å². The molecular formula is C8H6BrF3N2O3. The van der Waals surface area contributed by atoms with Gasteiger partial charge in [-0.15, -0.1) is 13.2 Å². The maximum Gasteiger partial charge on any atom is 0.574 e. The highest BCUT2D eigenvalue weighted by molar-refractivity contribution is 9.08. The van der Waals surface area contributed by atoms with Gasteiger partial charge in [0.1, 0.15) is 0 Å². The third kappa shape index (κ3) is 3.29. The van der Waals surface area contributed by atoms with Crippen molar-refractivity contribution in [1.29, 1.82) is 0 Å². The van der Waals surface area contributed by atoms with Gasteiger partial charge in [0.2, 0.25) is 0 Å². The molecule has 5 nitrogen and oxygen atoms in total. The highest BCUT2D eigenvalue weighted by atomic mass is 79.9. The molecule has 0 aliphatic heterocycles. The largest absolute Gasteiger partial charge is 0.574 e. The average molecular weight is 315 g/mol. The van der Waals surface area contributed by atoms with Gasteiger partial charge in [-0.1, -0.05) is 15.9 Å². The van der Waals surface area contributed by atoms with Crippen LogP contribution in [0.25, 0.3) is 0 Å². The summed E-state index contributed by atoms with van der Waals surface area (Å²) in [6.07, 6.45) is -3.92. The molecule has 0 N–H and O–H groups in total. The van der Waals surface area contributed by atoms with Crippen LogP contribution >= 0.6 is 15.9 Å². The number of ether oxygens (including phenoxy) is 1. The third-order valence-electron chi connectivity index (χ3n) is 1.92. The quantitative estimate of drug-likeness (QED) is 0.488. The molecule has 9 heteroatoms. The van der Waals surface area contributed by atoms with Gasteiger partial charge in [-0.3, -0.25) is 10.1 Å². The first-order chi connectivity index (χ1) is 7.76. The van der Waals surface area contributed by atoms with Crippen LogP contribution in [0.5, 0.6) is 5.88 Å². The number of nitro groups is 1. The fraction of sp³-hybridized carbons (Fsp3) is 0.375. The Balaban J connectivity index is 3.32. The van der Waals surface area contributed by atoms with Crippen LogP contribution in [0.3, 0.4) is 0 Å². The molecule has 94 valence electrons. The zero-order chi connectivity index (χ0) is 13.2. The summed E-state index contributed by atoms with van der Waals surface area (Å²) >= 11 is 3.05. The SMILES string of the molecule is Cc1c(CBr)cnc(OC(F)(F)F)c1[N+](=O)[O-]. The Bertz CT molecular complexity index is 450. The van der Waals surface area contributed by atoms with Crippen LogP contribution in [-0.4, -0.2) is 16.3 Å². The van der Waals surface area contributed by atoms with E-state index in [0.29, 0.717) is 5.56 Å².